The van der Waals surface area contributed by atoms with Crippen LogP contribution in [0.15, 0.2) is 0 Å². The Kier molecular flexibility index (Phi) is 5.15. The van der Waals surface area contributed by atoms with Crippen LogP contribution in [0.2, 0.25) is 0 Å². The quantitative estimate of drug-likeness (QED) is 0.713. The van der Waals surface area contributed by atoms with Gasteiger partial charge in [0.05, 0.1) is 6.61 Å². The number of Topliss-reactive ketones (excluding diaryl/α,β-unsaturated/α-hetero) is 1. The zero-order valence-corrected chi connectivity index (χ0v) is 14.4. The summed E-state index contributed by atoms with van der Waals surface area (Å²) in [6, 6.07) is 0. The van der Waals surface area contributed by atoms with Crippen LogP contribution in [0, 0.1) is 22.7 Å². The number of fused-ring (bicyclic) bond motifs is 1. The summed E-state index contributed by atoms with van der Waals surface area (Å²) in [6.45, 7) is 12.1. The van der Waals surface area contributed by atoms with Gasteiger partial charge in [-0.15, -0.1) is 0 Å². The van der Waals surface area contributed by atoms with Crippen molar-refractivity contribution in [3.8, 4) is 0 Å². The van der Waals surface area contributed by atoms with E-state index < -0.39 is 0 Å². The Morgan fingerprint density at radius 3 is 2.62 bits per heavy atom. The van der Waals surface area contributed by atoms with Crippen LogP contribution >= 0.6 is 0 Å². The molecule has 122 valence electrons. The minimum absolute atomic E-state index is 0.0405. The minimum Gasteiger partial charge on any atom is -0.353 e. The molecule has 0 heterocycles. The second kappa shape index (κ2) is 6.37. The summed E-state index contributed by atoms with van der Waals surface area (Å²) in [4.78, 5) is 12.5. The van der Waals surface area contributed by atoms with E-state index in [1.165, 1.54) is 12.8 Å². The van der Waals surface area contributed by atoms with Gasteiger partial charge in [0.2, 0.25) is 0 Å². The summed E-state index contributed by atoms with van der Waals surface area (Å²) in [7, 11) is 0. The third-order valence-corrected chi connectivity index (χ3v) is 6.04. The molecule has 2 saturated carbocycles. The van der Waals surface area contributed by atoms with E-state index in [9.17, 15) is 4.79 Å². The first kappa shape index (κ1) is 17.0. The number of ether oxygens (including phenoxy) is 2. The van der Waals surface area contributed by atoms with Crippen molar-refractivity contribution >= 4 is 5.78 Å². The molecule has 0 radical (unpaired) electrons. The molecule has 2 aliphatic carbocycles. The molecule has 0 aliphatic heterocycles. The third kappa shape index (κ3) is 3.34. The van der Waals surface area contributed by atoms with Crippen LogP contribution < -0.4 is 0 Å². The van der Waals surface area contributed by atoms with E-state index in [0.29, 0.717) is 30.3 Å². The fourth-order valence-corrected chi connectivity index (χ4v) is 4.93. The standard InChI is InChI=1S/C18H32O3/c1-6-20-13(2)21-12-14-15(19)8-9-16-17(3,4)10-7-11-18(14,16)5/h13-14,16H,6-12H2,1-5H3/t13?,14?,16-,18+/m1/s1. The number of carbonyl (C=O) groups is 1. The molecule has 4 atom stereocenters. The molecule has 0 bridgehead atoms. The summed E-state index contributed by atoms with van der Waals surface area (Å²) >= 11 is 0. The van der Waals surface area contributed by atoms with Crippen LogP contribution in [-0.2, 0) is 14.3 Å². The van der Waals surface area contributed by atoms with E-state index in [0.717, 1.165) is 19.3 Å². The van der Waals surface area contributed by atoms with Gasteiger partial charge in [-0.1, -0.05) is 27.2 Å². The molecule has 2 fully saturated rings. The van der Waals surface area contributed by atoms with E-state index in [-0.39, 0.29) is 17.6 Å². The third-order valence-electron chi connectivity index (χ3n) is 6.04. The molecule has 2 unspecified atom stereocenters. The maximum Gasteiger partial charge on any atom is 0.154 e. The van der Waals surface area contributed by atoms with Gasteiger partial charge >= 0.3 is 0 Å². The first-order valence-corrected chi connectivity index (χ1v) is 8.57. The molecule has 2 rings (SSSR count). The summed E-state index contributed by atoms with van der Waals surface area (Å²) in [5.74, 6) is 1.07. The minimum atomic E-state index is -0.219. The number of hydrogen-bond donors (Lipinski definition) is 0. The number of hydrogen-bond acceptors (Lipinski definition) is 3. The monoisotopic (exact) mass is 296 g/mol. The molecule has 0 aromatic heterocycles. The van der Waals surface area contributed by atoms with Crippen molar-refractivity contribution in [3.05, 3.63) is 0 Å². The molecular weight excluding hydrogens is 264 g/mol. The summed E-state index contributed by atoms with van der Waals surface area (Å²) in [6.07, 6.45) is 5.22. The van der Waals surface area contributed by atoms with Gasteiger partial charge in [-0.25, -0.2) is 0 Å². The van der Waals surface area contributed by atoms with Gasteiger partial charge in [-0.2, -0.15) is 0 Å². The summed E-state index contributed by atoms with van der Waals surface area (Å²) in [5, 5.41) is 0. The average Bonchev–Trinajstić information content (AvgIpc) is 2.37. The normalized spacial score (nSPS) is 37.1. The topological polar surface area (TPSA) is 35.5 Å². The lowest BCUT2D eigenvalue weighted by atomic mass is 9.48. The van der Waals surface area contributed by atoms with E-state index in [1.807, 2.05) is 13.8 Å². The zero-order valence-electron chi connectivity index (χ0n) is 14.4. The Hall–Kier alpha value is -0.410. The number of rotatable bonds is 5. The highest BCUT2D eigenvalue weighted by Gasteiger charge is 2.54. The highest BCUT2D eigenvalue weighted by molar-refractivity contribution is 5.83. The molecule has 2 aliphatic rings. The highest BCUT2D eigenvalue weighted by Crippen LogP contribution is 2.58. The van der Waals surface area contributed by atoms with Gasteiger partial charge in [0.15, 0.2) is 6.29 Å². The molecule has 0 saturated heterocycles. The lowest BCUT2D eigenvalue weighted by Crippen LogP contribution is -2.53. The van der Waals surface area contributed by atoms with Crippen LogP contribution in [0.4, 0.5) is 0 Å². The molecule has 0 amide bonds. The highest BCUT2D eigenvalue weighted by atomic mass is 16.7. The Bertz CT molecular complexity index is 377. The van der Waals surface area contributed by atoms with Crippen molar-refractivity contribution in [2.24, 2.45) is 22.7 Å². The molecule has 3 heteroatoms. The van der Waals surface area contributed by atoms with Crippen molar-refractivity contribution in [3.63, 3.8) is 0 Å². The maximum atomic E-state index is 12.5. The lowest BCUT2D eigenvalue weighted by Gasteiger charge is -2.56. The average molecular weight is 296 g/mol. The van der Waals surface area contributed by atoms with Crippen LogP contribution in [0.25, 0.3) is 0 Å². The van der Waals surface area contributed by atoms with Gasteiger partial charge in [0.25, 0.3) is 0 Å². The van der Waals surface area contributed by atoms with Gasteiger partial charge in [0.1, 0.15) is 5.78 Å². The summed E-state index contributed by atoms with van der Waals surface area (Å²) < 4.78 is 11.3. The second-order valence-corrected chi connectivity index (χ2v) is 7.81. The summed E-state index contributed by atoms with van der Waals surface area (Å²) in [5.41, 5.74) is 0.445. The SMILES string of the molecule is CCOC(C)OCC1C(=O)CC[C@@H]2C(C)(C)CCC[C@@]12C. The molecule has 3 nitrogen and oxygen atoms in total. The van der Waals surface area contributed by atoms with E-state index >= 15 is 0 Å². The second-order valence-electron chi connectivity index (χ2n) is 7.81. The predicted octanol–water partition coefficient (Wildman–Crippen LogP) is 4.20. The number of ketones is 1. The zero-order chi connectivity index (χ0) is 15.7. The Labute approximate surface area is 129 Å². The van der Waals surface area contributed by atoms with Crippen LogP contribution in [0.5, 0.6) is 0 Å². The van der Waals surface area contributed by atoms with Crippen molar-refractivity contribution in [2.75, 3.05) is 13.2 Å². The van der Waals surface area contributed by atoms with Crippen molar-refractivity contribution < 1.29 is 14.3 Å². The molecule has 0 aromatic carbocycles. The largest absolute Gasteiger partial charge is 0.353 e. The van der Waals surface area contributed by atoms with Crippen LogP contribution in [0.1, 0.15) is 66.7 Å². The van der Waals surface area contributed by atoms with Gasteiger partial charge < -0.3 is 9.47 Å². The van der Waals surface area contributed by atoms with Crippen LogP contribution in [0.3, 0.4) is 0 Å². The van der Waals surface area contributed by atoms with Crippen molar-refractivity contribution in [2.45, 2.75) is 73.0 Å². The van der Waals surface area contributed by atoms with E-state index in [1.54, 1.807) is 0 Å². The molecule has 21 heavy (non-hydrogen) atoms. The maximum absolute atomic E-state index is 12.5. The number of carbonyl (C=O) groups excluding carboxylic acids is 1. The lowest BCUT2D eigenvalue weighted by molar-refractivity contribution is -0.172. The molecule has 0 aromatic rings. The first-order valence-electron chi connectivity index (χ1n) is 8.57. The van der Waals surface area contributed by atoms with E-state index in [2.05, 4.69) is 20.8 Å². The fourth-order valence-electron chi connectivity index (χ4n) is 4.93. The Morgan fingerprint density at radius 2 is 1.95 bits per heavy atom. The fraction of sp³-hybridized carbons (Fsp3) is 0.944. The van der Waals surface area contributed by atoms with Gasteiger partial charge in [0, 0.05) is 18.9 Å². The van der Waals surface area contributed by atoms with Crippen LogP contribution in [-0.4, -0.2) is 25.3 Å². The van der Waals surface area contributed by atoms with Crippen molar-refractivity contribution in [1.29, 1.82) is 0 Å². The first-order chi connectivity index (χ1) is 9.81. The Balaban J connectivity index is 2.12. The van der Waals surface area contributed by atoms with E-state index in [4.69, 9.17) is 9.47 Å². The van der Waals surface area contributed by atoms with Gasteiger partial charge in [-0.05, 0) is 49.9 Å². The molecule has 0 spiro atoms. The van der Waals surface area contributed by atoms with Crippen molar-refractivity contribution in [1.82, 2.24) is 0 Å². The molecular formula is C18H32O3. The van der Waals surface area contributed by atoms with Gasteiger partial charge in [-0.3, -0.25) is 4.79 Å². The molecule has 0 N–H and O–H groups in total. The smallest absolute Gasteiger partial charge is 0.154 e. The predicted molar refractivity (Wildman–Crippen MR) is 84.0 cm³/mol. The Morgan fingerprint density at radius 1 is 1.24 bits per heavy atom.